The summed E-state index contributed by atoms with van der Waals surface area (Å²) in [6.07, 6.45) is 2.35. The second-order valence-corrected chi connectivity index (χ2v) is 4.51. The van der Waals surface area contributed by atoms with Gasteiger partial charge in [0.2, 0.25) is 5.91 Å². The molecule has 2 atom stereocenters. The number of morpholine rings is 1. The van der Waals surface area contributed by atoms with E-state index in [2.05, 4.69) is 5.32 Å². The van der Waals surface area contributed by atoms with E-state index in [1.54, 1.807) is 0 Å². The van der Waals surface area contributed by atoms with Crippen LogP contribution in [0.15, 0.2) is 0 Å². The third-order valence-electron chi connectivity index (χ3n) is 3.20. The van der Waals surface area contributed by atoms with Crippen LogP contribution in [0.25, 0.3) is 0 Å². The molecule has 0 aromatic carbocycles. The van der Waals surface area contributed by atoms with Crippen LogP contribution in [0.4, 0.5) is 0 Å². The number of nitrogens with zero attached hydrogens (tertiary/aromatic N) is 1. The summed E-state index contributed by atoms with van der Waals surface area (Å²) in [4.78, 5) is 14.1. The van der Waals surface area contributed by atoms with Crippen molar-refractivity contribution in [1.29, 1.82) is 0 Å². The highest BCUT2D eigenvalue weighted by atomic mass is 16.5. The maximum atomic E-state index is 12.1. The lowest BCUT2D eigenvalue weighted by atomic mass is 9.98. The van der Waals surface area contributed by atoms with Crippen molar-refractivity contribution >= 4 is 5.91 Å². The molecule has 2 saturated heterocycles. The van der Waals surface area contributed by atoms with Crippen LogP contribution in [0.5, 0.6) is 0 Å². The molecule has 0 aliphatic carbocycles. The topological polar surface area (TPSA) is 41.6 Å². The van der Waals surface area contributed by atoms with Gasteiger partial charge in [-0.05, 0) is 26.3 Å². The molecule has 2 heterocycles. The predicted octanol–water partition coefficient (Wildman–Crippen LogP) is 0.233. The van der Waals surface area contributed by atoms with Gasteiger partial charge in [-0.25, -0.2) is 0 Å². The average molecular weight is 212 g/mol. The smallest absolute Gasteiger partial charge is 0.227 e. The van der Waals surface area contributed by atoms with E-state index in [1.165, 1.54) is 0 Å². The van der Waals surface area contributed by atoms with Gasteiger partial charge < -0.3 is 15.0 Å². The molecule has 4 nitrogen and oxygen atoms in total. The van der Waals surface area contributed by atoms with Gasteiger partial charge in [0.15, 0.2) is 0 Å². The van der Waals surface area contributed by atoms with Crippen LogP contribution in [0.1, 0.15) is 19.8 Å². The fraction of sp³-hybridized carbons (Fsp3) is 0.909. The molecule has 0 aromatic heterocycles. The lowest BCUT2D eigenvalue weighted by Gasteiger charge is -2.34. The van der Waals surface area contributed by atoms with Crippen LogP contribution in [0, 0.1) is 5.92 Å². The van der Waals surface area contributed by atoms with E-state index >= 15 is 0 Å². The third kappa shape index (κ3) is 2.69. The Balaban J connectivity index is 1.88. The summed E-state index contributed by atoms with van der Waals surface area (Å²) in [6, 6.07) is 0. The Kier molecular flexibility index (Phi) is 3.59. The van der Waals surface area contributed by atoms with E-state index in [9.17, 15) is 4.79 Å². The van der Waals surface area contributed by atoms with E-state index in [0.29, 0.717) is 12.5 Å². The molecule has 1 N–H and O–H groups in total. The Morgan fingerprint density at radius 3 is 3.07 bits per heavy atom. The van der Waals surface area contributed by atoms with E-state index in [1.807, 2.05) is 11.8 Å². The Bertz CT molecular complexity index is 227. The molecule has 1 unspecified atom stereocenters. The zero-order valence-electron chi connectivity index (χ0n) is 9.37. The summed E-state index contributed by atoms with van der Waals surface area (Å²) in [5, 5.41) is 3.29. The largest absolute Gasteiger partial charge is 0.375 e. The molecular weight excluding hydrogens is 192 g/mol. The second kappa shape index (κ2) is 4.94. The predicted molar refractivity (Wildman–Crippen MR) is 57.6 cm³/mol. The van der Waals surface area contributed by atoms with Gasteiger partial charge in [-0.3, -0.25) is 4.79 Å². The monoisotopic (exact) mass is 212 g/mol. The van der Waals surface area contributed by atoms with Gasteiger partial charge in [0.1, 0.15) is 0 Å². The standard InChI is InChI=1S/C11H20N2O2/c1-9-8-13(5-6-15-9)11(14)10-3-2-4-12-7-10/h9-10,12H,2-8H2,1H3/t9?,10-/m1/s1. The van der Waals surface area contributed by atoms with Gasteiger partial charge in [-0.2, -0.15) is 0 Å². The summed E-state index contributed by atoms with van der Waals surface area (Å²) in [6.45, 7) is 6.15. The molecule has 2 aliphatic rings. The molecule has 0 radical (unpaired) electrons. The van der Waals surface area contributed by atoms with Gasteiger partial charge in [0.05, 0.1) is 18.6 Å². The number of piperidine rings is 1. The van der Waals surface area contributed by atoms with Crippen molar-refractivity contribution < 1.29 is 9.53 Å². The number of nitrogens with one attached hydrogen (secondary N) is 1. The maximum Gasteiger partial charge on any atom is 0.227 e. The summed E-state index contributed by atoms with van der Waals surface area (Å²) in [7, 11) is 0. The summed E-state index contributed by atoms with van der Waals surface area (Å²) in [5.41, 5.74) is 0. The van der Waals surface area contributed by atoms with Gasteiger partial charge in [-0.1, -0.05) is 0 Å². The first-order valence-electron chi connectivity index (χ1n) is 5.88. The minimum absolute atomic E-state index is 0.194. The first-order chi connectivity index (χ1) is 7.27. The molecule has 2 rings (SSSR count). The average Bonchev–Trinajstić information content (AvgIpc) is 2.29. The molecule has 0 saturated carbocycles. The Morgan fingerprint density at radius 2 is 2.40 bits per heavy atom. The number of carbonyl (C=O) groups excluding carboxylic acids is 1. The summed E-state index contributed by atoms with van der Waals surface area (Å²) < 4.78 is 5.44. The van der Waals surface area contributed by atoms with Crippen molar-refractivity contribution in [3.05, 3.63) is 0 Å². The first kappa shape index (κ1) is 10.9. The van der Waals surface area contributed by atoms with Crippen molar-refractivity contribution in [2.45, 2.75) is 25.9 Å². The van der Waals surface area contributed by atoms with Crippen molar-refractivity contribution in [2.24, 2.45) is 5.92 Å². The van der Waals surface area contributed by atoms with E-state index < -0.39 is 0 Å². The molecule has 4 heteroatoms. The Morgan fingerprint density at radius 1 is 1.53 bits per heavy atom. The zero-order chi connectivity index (χ0) is 10.7. The number of hydrogen-bond acceptors (Lipinski definition) is 3. The molecule has 0 bridgehead atoms. The number of carbonyl (C=O) groups is 1. The Labute approximate surface area is 91.0 Å². The second-order valence-electron chi connectivity index (χ2n) is 4.51. The van der Waals surface area contributed by atoms with E-state index in [4.69, 9.17) is 4.74 Å². The molecule has 2 fully saturated rings. The van der Waals surface area contributed by atoms with Crippen LogP contribution in [0.2, 0.25) is 0 Å². The number of amides is 1. The van der Waals surface area contributed by atoms with Crippen LogP contribution < -0.4 is 5.32 Å². The van der Waals surface area contributed by atoms with Crippen LogP contribution in [0.3, 0.4) is 0 Å². The van der Waals surface area contributed by atoms with Crippen molar-refractivity contribution in [1.82, 2.24) is 10.2 Å². The SMILES string of the molecule is CC1CN(C(=O)[C@@H]2CCCNC2)CCO1. The molecule has 0 spiro atoms. The lowest BCUT2D eigenvalue weighted by Crippen LogP contribution is -2.49. The molecule has 15 heavy (non-hydrogen) atoms. The normalized spacial score (nSPS) is 32.7. The molecular formula is C11H20N2O2. The summed E-state index contributed by atoms with van der Waals surface area (Å²) in [5.74, 6) is 0.515. The summed E-state index contributed by atoms with van der Waals surface area (Å²) >= 11 is 0. The third-order valence-corrected chi connectivity index (χ3v) is 3.20. The van der Waals surface area contributed by atoms with E-state index in [-0.39, 0.29) is 12.0 Å². The molecule has 0 aromatic rings. The molecule has 2 aliphatic heterocycles. The van der Waals surface area contributed by atoms with Crippen molar-refractivity contribution in [3.63, 3.8) is 0 Å². The van der Waals surface area contributed by atoms with Gasteiger partial charge >= 0.3 is 0 Å². The number of ether oxygens (including phenoxy) is 1. The van der Waals surface area contributed by atoms with Crippen LogP contribution in [-0.2, 0) is 9.53 Å². The zero-order valence-corrected chi connectivity index (χ0v) is 9.37. The fourth-order valence-electron chi connectivity index (χ4n) is 2.34. The highest BCUT2D eigenvalue weighted by molar-refractivity contribution is 5.79. The van der Waals surface area contributed by atoms with Crippen molar-refractivity contribution in [2.75, 3.05) is 32.8 Å². The van der Waals surface area contributed by atoms with Gasteiger partial charge in [0.25, 0.3) is 0 Å². The minimum atomic E-state index is 0.194. The van der Waals surface area contributed by atoms with Crippen LogP contribution in [-0.4, -0.2) is 49.7 Å². The maximum absolute atomic E-state index is 12.1. The first-order valence-corrected chi connectivity index (χ1v) is 5.88. The number of rotatable bonds is 1. The van der Waals surface area contributed by atoms with Crippen molar-refractivity contribution in [3.8, 4) is 0 Å². The quantitative estimate of drug-likeness (QED) is 0.676. The van der Waals surface area contributed by atoms with E-state index in [0.717, 1.165) is 39.0 Å². The highest BCUT2D eigenvalue weighted by Gasteiger charge is 2.28. The lowest BCUT2D eigenvalue weighted by molar-refractivity contribution is -0.143. The molecule has 86 valence electrons. The van der Waals surface area contributed by atoms with Gasteiger partial charge in [0, 0.05) is 19.6 Å². The fourth-order valence-corrected chi connectivity index (χ4v) is 2.34. The highest BCUT2D eigenvalue weighted by Crippen LogP contribution is 2.15. The van der Waals surface area contributed by atoms with Crippen LogP contribution >= 0.6 is 0 Å². The Hall–Kier alpha value is -0.610. The molecule has 1 amide bonds. The number of hydrogen-bond donors (Lipinski definition) is 1. The minimum Gasteiger partial charge on any atom is -0.375 e. The van der Waals surface area contributed by atoms with Gasteiger partial charge in [-0.15, -0.1) is 0 Å².